The molecular weight excluding hydrogens is 218 g/mol. The molecule has 0 radical (unpaired) electrons. The lowest BCUT2D eigenvalue weighted by atomic mass is 10.1. The number of amides is 1. The molecule has 2 atom stereocenters. The Morgan fingerprint density at radius 2 is 2.18 bits per heavy atom. The molecule has 0 aliphatic carbocycles. The van der Waals surface area contributed by atoms with E-state index in [2.05, 4.69) is 0 Å². The van der Waals surface area contributed by atoms with Crippen molar-refractivity contribution in [1.82, 2.24) is 4.90 Å². The Morgan fingerprint density at radius 1 is 1.47 bits per heavy atom. The van der Waals surface area contributed by atoms with Crippen molar-refractivity contribution in [3.63, 3.8) is 0 Å². The molecule has 1 amide bonds. The second-order valence-corrected chi connectivity index (χ2v) is 3.97. The zero-order valence-corrected chi connectivity index (χ0v) is 10.1. The van der Waals surface area contributed by atoms with E-state index in [0.717, 1.165) is 5.56 Å². The Hall–Kier alpha value is -1.55. The second kappa shape index (κ2) is 5.19. The van der Waals surface area contributed by atoms with Crippen molar-refractivity contribution in [2.75, 3.05) is 13.2 Å². The van der Waals surface area contributed by atoms with Gasteiger partial charge in [-0.25, -0.2) is 4.79 Å². The maximum absolute atomic E-state index is 11.7. The van der Waals surface area contributed by atoms with Crippen LogP contribution in [0.3, 0.4) is 0 Å². The first-order valence-electron chi connectivity index (χ1n) is 5.85. The van der Waals surface area contributed by atoms with Crippen LogP contribution in [0.5, 0.6) is 0 Å². The molecule has 0 aromatic heterocycles. The highest BCUT2D eigenvalue weighted by Crippen LogP contribution is 2.29. The monoisotopic (exact) mass is 235 g/mol. The zero-order valence-electron chi connectivity index (χ0n) is 10.1. The quantitative estimate of drug-likeness (QED) is 0.805. The summed E-state index contributed by atoms with van der Waals surface area (Å²) >= 11 is 0. The molecule has 1 aliphatic rings. The highest BCUT2D eigenvalue weighted by atomic mass is 16.6. The first-order chi connectivity index (χ1) is 8.24. The molecule has 0 spiro atoms. The van der Waals surface area contributed by atoms with Crippen molar-refractivity contribution in [2.24, 2.45) is 0 Å². The highest BCUT2D eigenvalue weighted by molar-refractivity contribution is 5.70. The van der Waals surface area contributed by atoms with Crippen LogP contribution in [0, 0.1) is 0 Å². The van der Waals surface area contributed by atoms with E-state index in [9.17, 15) is 4.79 Å². The van der Waals surface area contributed by atoms with Gasteiger partial charge in [0.05, 0.1) is 6.04 Å². The average molecular weight is 235 g/mol. The molecule has 1 aromatic rings. The van der Waals surface area contributed by atoms with Gasteiger partial charge in [-0.1, -0.05) is 30.3 Å². The Bertz CT molecular complexity index is 380. The van der Waals surface area contributed by atoms with Crippen LogP contribution in [0.25, 0.3) is 0 Å². The Labute approximate surface area is 101 Å². The number of benzene rings is 1. The lowest BCUT2D eigenvalue weighted by Gasteiger charge is -2.27. The molecule has 1 heterocycles. The fraction of sp³-hybridized carbons (Fsp3) is 0.462. The van der Waals surface area contributed by atoms with Crippen LogP contribution < -0.4 is 0 Å². The Balaban J connectivity index is 2.19. The predicted octanol–water partition coefficient (Wildman–Crippen LogP) is 2.56. The number of cyclic esters (lactones) is 1. The van der Waals surface area contributed by atoms with Crippen molar-refractivity contribution in [3.8, 4) is 0 Å². The standard InChI is InChI=1S/C13H17NO3/c1-3-16-10(2)14-12(9-17-13(14)15)11-7-5-4-6-8-11/h4-8,10,12H,3,9H2,1-2H3/t10?,12-/m0/s1. The van der Waals surface area contributed by atoms with Gasteiger partial charge in [0, 0.05) is 6.61 Å². The normalized spacial score (nSPS) is 21.4. The molecule has 0 saturated carbocycles. The third kappa shape index (κ3) is 2.42. The molecule has 1 fully saturated rings. The Morgan fingerprint density at radius 3 is 2.82 bits per heavy atom. The molecule has 1 aromatic carbocycles. The third-order valence-electron chi connectivity index (χ3n) is 2.90. The molecule has 92 valence electrons. The largest absolute Gasteiger partial charge is 0.447 e. The summed E-state index contributed by atoms with van der Waals surface area (Å²) < 4.78 is 10.6. The minimum Gasteiger partial charge on any atom is -0.447 e. The molecule has 4 heteroatoms. The van der Waals surface area contributed by atoms with E-state index in [1.807, 2.05) is 44.2 Å². The summed E-state index contributed by atoms with van der Waals surface area (Å²) in [5.41, 5.74) is 1.07. The van der Waals surface area contributed by atoms with Crippen LogP contribution >= 0.6 is 0 Å². The van der Waals surface area contributed by atoms with Gasteiger partial charge in [-0.05, 0) is 19.4 Å². The minimum atomic E-state index is -0.306. The molecule has 17 heavy (non-hydrogen) atoms. The third-order valence-corrected chi connectivity index (χ3v) is 2.90. The minimum absolute atomic E-state index is 0.0507. The fourth-order valence-corrected chi connectivity index (χ4v) is 2.09. The zero-order chi connectivity index (χ0) is 12.3. The first-order valence-corrected chi connectivity index (χ1v) is 5.85. The molecule has 2 rings (SSSR count). The lowest BCUT2D eigenvalue weighted by Crippen LogP contribution is -2.37. The Kier molecular flexibility index (Phi) is 3.64. The molecule has 0 bridgehead atoms. The number of hydrogen-bond donors (Lipinski definition) is 0. The van der Waals surface area contributed by atoms with Crippen molar-refractivity contribution < 1.29 is 14.3 Å². The number of carbonyl (C=O) groups is 1. The van der Waals surface area contributed by atoms with Gasteiger partial charge in [0.25, 0.3) is 0 Å². The highest BCUT2D eigenvalue weighted by Gasteiger charge is 2.37. The first kappa shape index (κ1) is 11.9. The number of rotatable bonds is 4. The van der Waals surface area contributed by atoms with Gasteiger partial charge in [0.1, 0.15) is 12.8 Å². The van der Waals surface area contributed by atoms with Crippen molar-refractivity contribution >= 4 is 6.09 Å². The smallest absolute Gasteiger partial charge is 0.412 e. The predicted molar refractivity (Wildman–Crippen MR) is 63.5 cm³/mol. The van der Waals surface area contributed by atoms with Gasteiger partial charge in [-0.2, -0.15) is 0 Å². The summed E-state index contributed by atoms with van der Waals surface area (Å²) in [6.07, 6.45) is -0.569. The van der Waals surface area contributed by atoms with E-state index < -0.39 is 0 Å². The topological polar surface area (TPSA) is 38.8 Å². The van der Waals surface area contributed by atoms with Gasteiger partial charge in [0.15, 0.2) is 0 Å². The number of ether oxygens (including phenoxy) is 2. The van der Waals surface area contributed by atoms with Crippen LogP contribution in [-0.4, -0.2) is 30.4 Å². The van der Waals surface area contributed by atoms with E-state index in [0.29, 0.717) is 13.2 Å². The van der Waals surface area contributed by atoms with Gasteiger partial charge in [0.2, 0.25) is 0 Å². The van der Waals surface area contributed by atoms with Crippen molar-refractivity contribution in [3.05, 3.63) is 35.9 Å². The number of hydrogen-bond acceptors (Lipinski definition) is 3. The maximum Gasteiger partial charge on any atom is 0.412 e. The lowest BCUT2D eigenvalue weighted by molar-refractivity contribution is -0.0282. The van der Waals surface area contributed by atoms with Crippen LogP contribution in [0.2, 0.25) is 0 Å². The van der Waals surface area contributed by atoms with Crippen LogP contribution in [0.15, 0.2) is 30.3 Å². The van der Waals surface area contributed by atoms with E-state index in [1.54, 1.807) is 4.90 Å². The van der Waals surface area contributed by atoms with Crippen molar-refractivity contribution in [1.29, 1.82) is 0 Å². The molecule has 1 aliphatic heterocycles. The summed E-state index contributed by atoms with van der Waals surface area (Å²) in [4.78, 5) is 13.3. The SMILES string of the molecule is CCOC(C)N1C(=O)OC[C@H]1c1ccccc1. The molecular formula is C13H17NO3. The summed E-state index contributed by atoms with van der Waals surface area (Å²) in [6, 6.07) is 9.82. The van der Waals surface area contributed by atoms with Gasteiger partial charge in [-0.3, -0.25) is 4.90 Å². The molecule has 1 saturated heterocycles. The molecule has 0 N–H and O–H groups in total. The molecule has 4 nitrogen and oxygen atoms in total. The van der Waals surface area contributed by atoms with Gasteiger partial charge >= 0.3 is 6.09 Å². The van der Waals surface area contributed by atoms with Crippen LogP contribution in [0.4, 0.5) is 4.79 Å². The summed E-state index contributed by atoms with van der Waals surface area (Å²) in [6.45, 7) is 4.74. The summed E-state index contributed by atoms with van der Waals surface area (Å²) in [5, 5.41) is 0. The fourth-order valence-electron chi connectivity index (χ4n) is 2.09. The van der Waals surface area contributed by atoms with E-state index in [1.165, 1.54) is 0 Å². The maximum atomic E-state index is 11.7. The van der Waals surface area contributed by atoms with E-state index >= 15 is 0 Å². The van der Waals surface area contributed by atoms with E-state index in [4.69, 9.17) is 9.47 Å². The van der Waals surface area contributed by atoms with Crippen molar-refractivity contribution in [2.45, 2.75) is 26.1 Å². The van der Waals surface area contributed by atoms with Crippen LogP contribution in [-0.2, 0) is 9.47 Å². The molecule has 1 unspecified atom stereocenters. The summed E-state index contributed by atoms with van der Waals surface area (Å²) in [5.74, 6) is 0. The van der Waals surface area contributed by atoms with E-state index in [-0.39, 0.29) is 18.4 Å². The number of nitrogens with zero attached hydrogens (tertiary/aromatic N) is 1. The summed E-state index contributed by atoms with van der Waals surface area (Å²) in [7, 11) is 0. The van der Waals surface area contributed by atoms with Gasteiger partial charge < -0.3 is 9.47 Å². The van der Waals surface area contributed by atoms with Crippen LogP contribution in [0.1, 0.15) is 25.5 Å². The number of carbonyl (C=O) groups excluding carboxylic acids is 1. The second-order valence-electron chi connectivity index (χ2n) is 3.97. The van der Waals surface area contributed by atoms with Gasteiger partial charge in [-0.15, -0.1) is 0 Å². The average Bonchev–Trinajstić information content (AvgIpc) is 2.73.